The predicted octanol–water partition coefficient (Wildman–Crippen LogP) is 9.44. The Labute approximate surface area is 199 Å². The van der Waals surface area contributed by atoms with Crippen LogP contribution in [0, 0.1) is 6.66 Å². The summed E-state index contributed by atoms with van der Waals surface area (Å²) >= 11 is 0. The van der Waals surface area contributed by atoms with E-state index in [1.807, 2.05) is 0 Å². The van der Waals surface area contributed by atoms with Gasteiger partial charge in [-0.1, -0.05) is 107 Å². The third-order valence-corrected chi connectivity index (χ3v) is 6.51. The monoisotopic (exact) mass is 455 g/mol. The predicted molar refractivity (Wildman–Crippen MR) is 141 cm³/mol. The van der Waals surface area contributed by atoms with Crippen LogP contribution in [0.4, 0.5) is 0 Å². The van der Waals surface area contributed by atoms with Crippen LogP contribution >= 0.6 is 8.38 Å². The Morgan fingerprint density at radius 3 is 1.09 bits per heavy atom. The molecule has 0 aliphatic heterocycles. The summed E-state index contributed by atoms with van der Waals surface area (Å²) < 4.78 is 12.7. The van der Waals surface area contributed by atoms with Crippen molar-refractivity contribution < 1.29 is 9.05 Å². The second-order valence-corrected chi connectivity index (χ2v) is 14.0. The first-order valence-electron chi connectivity index (χ1n) is 11.6. The van der Waals surface area contributed by atoms with E-state index in [2.05, 4.69) is 126 Å². The highest BCUT2D eigenvalue weighted by atomic mass is 31.2. The van der Waals surface area contributed by atoms with Crippen molar-refractivity contribution in [2.75, 3.05) is 0 Å². The van der Waals surface area contributed by atoms with Gasteiger partial charge in [0.25, 0.3) is 8.38 Å². The molecule has 2 aromatic carbocycles. The topological polar surface area (TPSA) is 18.5 Å². The zero-order valence-corrected chi connectivity index (χ0v) is 23.3. The summed E-state index contributed by atoms with van der Waals surface area (Å²) in [5.74, 6) is 1.71. The summed E-state index contributed by atoms with van der Waals surface area (Å²) in [5.41, 5.74) is 5.05. The van der Waals surface area contributed by atoms with E-state index in [1.54, 1.807) is 0 Å². The van der Waals surface area contributed by atoms with Crippen LogP contribution in [0.15, 0.2) is 36.4 Å². The van der Waals surface area contributed by atoms with E-state index in [4.69, 9.17) is 9.05 Å². The van der Waals surface area contributed by atoms with Crippen LogP contribution in [0.1, 0.15) is 105 Å². The molecule has 0 amide bonds. The van der Waals surface area contributed by atoms with Crippen LogP contribution < -0.4 is 9.05 Å². The zero-order chi connectivity index (χ0) is 24.7. The fourth-order valence-corrected chi connectivity index (χ4v) is 4.36. The lowest BCUT2D eigenvalue weighted by Crippen LogP contribution is -2.18. The van der Waals surface area contributed by atoms with Gasteiger partial charge in [-0.05, 0) is 44.9 Å². The first-order chi connectivity index (χ1) is 14.3. The van der Waals surface area contributed by atoms with E-state index in [9.17, 15) is 0 Å². The molecule has 0 saturated heterocycles. The van der Waals surface area contributed by atoms with Gasteiger partial charge in [0.15, 0.2) is 0 Å². The minimum absolute atomic E-state index is 0.0440. The van der Waals surface area contributed by atoms with E-state index < -0.39 is 8.38 Å². The quantitative estimate of drug-likeness (QED) is 0.427. The van der Waals surface area contributed by atoms with Gasteiger partial charge in [-0.2, -0.15) is 0 Å². The highest BCUT2D eigenvalue weighted by Gasteiger charge is 2.27. The number of hydrogen-bond acceptors (Lipinski definition) is 2. The van der Waals surface area contributed by atoms with Gasteiger partial charge in [-0.15, -0.1) is 0 Å². The van der Waals surface area contributed by atoms with Gasteiger partial charge in [-0.3, -0.25) is 0 Å². The van der Waals surface area contributed by atoms with Gasteiger partial charge in [0, 0.05) is 11.1 Å². The van der Waals surface area contributed by atoms with Crippen LogP contribution in [-0.2, 0) is 21.7 Å². The second kappa shape index (κ2) is 9.02. The number of hydrogen-bond donors (Lipinski definition) is 0. The SMILES string of the molecule is [CH2]P(Oc1ccc(C(C)(C)C)cc1C(C)(C)C)Oc1ccc(C(C)(C)C)cc1C(C)(C)C. The summed E-state index contributed by atoms with van der Waals surface area (Å²) in [6.07, 6.45) is 0. The molecule has 0 atom stereocenters. The molecule has 0 N–H and O–H groups in total. The Bertz CT molecular complexity index is 854. The Hall–Kier alpha value is -1.53. The highest BCUT2D eigenvalue weighted by Crippen LogP contribution is 2.46. The lowest BCUT2D eigenvalue weighted by molar-refractivity contribution is 0.465. The molecule has 2 nitrogen and oxygen atoms in total. The zero-order valence-electron chi connectivity index (χ0n) is 22.4. The van der Waals surface area contributed by atoms with Gasteiger partial charge < -0.3 is 9.05 Å². The van der Waals surface area contributed by atoms with Gasteiger partial charge in [0.1, 0.15) is 11.5 Å². The minimum Gasteiger partial charge on any atom is -0.438 e. The van der Waals surface area contributed by atoms with Crippen LogP contribution in [0.3, 0.4) is 0 Å². The standard InChI is InChI=1S/C29H44O2P/c1-26(2,3)20-14-16-24(22(18-20)28(7,8)9)30-32(13)31-25-17-15-21(27(4,5)6)19-23(25)29(10,11)12/h14-19H,13H2,1-12H3. The summed E-state index contributed by atoms with van der Waals surface area (Å²) in [6, 6.07) is 13.0. The average molecular weight is 456 g/mol. The third kappa shape index (κ3) is 6.74. The van der Waals surface area contributed by atoms with Gasteiger partial charge in [-0.25, -0.2) is 0 Å². The van der Waals surface area contributed by atoms with Crippen LogP contribution in [0.25, 0.3) is 0 Å². The first-order valence-corrected chi connectivity index (χ1v) is 12.9. The molecule has 2 aromatic rings. The van der Waals surface area contributed by atoms with Crippen molar-refractivity contribution in [3.63, 3.8) is 0 Å². The number of rotatable bonds is 4. The molecule has 0 unspecified atom stereocenters. The fourth-order valence-electron chi connectivity index (χ4n) is 3.56. The molecule has 0 heterocycles. The molecule has 0 spiro atoms. The maximum absolute atomic E-state index is 6.34. The van der Waals surface area contributed by atoms with E-state index in [0.717, 1.165) is 11.5 Å². The van der Waals surface area contributed by atoms with E-state index in [-0.39, 0.29) is 21.7 Å². The summed E-state index contributed by atoms with van der Waals surface area (Å²) in [7, 11) is -1.39. The molecule has 32 heavy (non-hydrogen) atoms. The molecule has 0 bridgehead atoms. The summed E-state index contributed by atoms with van der Waals surface area (Å²) in [6.45, 7) is 31.0. The Kier molecular flexibility index (Phi) is 7.53. The Balaban J connectivity index is 2.38. The fraction of sp³-hybridized carbons (Fsp3) is 0.552. The highest BCUT2D eigenvalue weighted by molar-refractivity contribution is 7.49. The van der Waals surface area contributed by atoms with E-state index in [0.29, 0.717) is 0 Å². The molecule has 0 aromatic heterocycles. The van der Waals surface area contributed by atoms with Crippen molar-refractivity contribution in [2.45, 2.75) is 105 Å². The summed E-state index contributed by atoms with van der Waals surface area (Å²) in [4.78, 5) is 0. The van der Waals surface area contributed by atoms with Crippen molar-refractivity contribution >= 4 is 8.38 Å². The summed E-state index contributed by atoms with van der Waals surface area (Å²) in [5, 5.41) is 0. The first kappa shape index (κ1) is 26.7. The molecule has 0 fully saturated rings. The minimum atomic E-state index is -1.39. The van der Waals surface area contributed by atoms with Crippen LogP contribution in [0.2, 0.25) is 0 Å². The van der Waals surface area contributed by atoms with Gasteiger partial charge in [0.05, 0.1) is 6.66 Å². The largest absolute Gasteiger partial charge is 0.438 e. The Morgan fingerprint density at radius 2 is 0.844 bits per heavy atom. The van der Waals surface area contributed by atoms with E-state index in [1.165, 1.54) is 22.3 Å². The smallest absolute Gasteiger partial charge is 0.290 e. The van der Waals surface area contributed by atoms with Crippen molar-refractivity contribution in [1.82, 2.24) is 0 Å². The maximum atomic E-state index is 6.34. The van der Waals surface area contributed by atoms with Gasteiger partial charge >= 0.3 is 0 Å². The molecule has 0 aliphatic rings. The normalized spacial score (nSPS) is 13.4. The molecular formula is C29H44O2P. The molecule has 2 rings (SSSR count). The Morgan fingerprint density at radius 1 is 0.531 bits per heavy atom. The molecule has 0 saturated carbocycles. The lowest BCUT2D eigenvalue weighted by Gasteiger charge is -2.29. The molecule has 0 aliphatic carbocycles. The van der Waals surface area contributed by atoms with E-state index >= 15 is 0 Å². The lowest BCUT2D eigenvalue weighted by atomic mass is 9.80. The maximum Gasteiger partial charge on any atom is 0.290 e. The molecule has 1 radical (unpaired) electrons. The average Bonchev–Trinajstić information content (AvgIpc) is 2.58. The van der Waals surface area contributed by atoms with Crippen molar-refractivity contribution in [1.29, 1.82) is 0 Å². The van der Waals surface area contributed by atoms with Crippen molar-refractivity contribution in [3.8, 4) is 11.5 Å². The molecular weight excluding hydrogens is 411 g/mol. The number of benzene rings is 2. The van der Waals surface area contributed by atoms with Crippen molar-refractivity contribution in [3.05, 3.63) is 65.3 Å². The third-order valence-electron chi connectivity index (χ3n) is 5.71. The molecule has 3 heteroatoms. The van der Waals surface area contributed by atoms with Crippen LogP contribution in [0.5, 0.6) is 11.5 Å². The van der Waals surface area contributed by atoms with Crippen molar-refractivity contribution in [2.24, 2.45) is 0 Å². The molecule has 177 valence electrons. The van der Waals surface area contributed by atoms with Crippen LogP contribution in [-0.4, -0.2) is 0 Å². The van der Waals surface area contributed by atoms with Gasteiger partial charge in [0.2, 0.25) is 0 Å². The second-order valence-electron chi connectivity index (χ2n) is 12.9.